The van der Waals surface area contributed by atoms with Crippen LogP contribution >= 0.6 is 28.6 Å². The maximum absolute atomic E-state index is 10.2. The van der Waals surface area contributed by atoms with Crippen molar-refractivity contribution in [3.63, 3.8) is 0 Å². The Morgan fingerprint density at radius 2 is 2.33 bits per heavy atom. The van der Waals surface area contributed by atoms with Crippen LogP contribution in [0.15, 0.2) is 0 Å². The van der Waals surface area contributed by atoms with Gasteiger partial charge in [0.2, 0.25) is 0 Å². The van der Waals surface area contributed by atoms with Crippen LogP contribution in [0.2, 0.25) is 0 Å². The summed E-state index contributed by atoms with van der Waals surface area (Å²) in [5.41, 5.74) is 0. The van der Waals surface area contributed by atoms with E-state index in [1.54, 1.807) is 0 Å². The summed E-state index contributed by atoms with van der Waals surface area (Å²) >= 11 is 7.03. The average molecular weight is 213 g/mol. The minimum atomic E-state index is -0.823. The number of carbonyl (C=O) groups is 1. The van der Waals surface area contributed by atoms with Crippen LogP contribution in [0.25, 0.3) is 0 Å². The first-order valence-electron chi connectivity index (χ1n) is 2.59. The number of carboxylic acids is 1. The molecule has 1 N–H and O–H groups in total. The molecule has 0 aliphatic rings. The maximum Gasteiger partial charge on any atom is 0.317 e. The van der Waals surface area contributed by atoms with Crippen LogP contribution < -0.4 is 0 Å². The number of thiol groups is 1. The molecule has 0 aliphatic heterocycles. The van der Waals surface area contributed by atoms with E-state index in [2.05, 4.69) is 28.6 Å². The van der Waals surface area contributed by atoms with Crippen molar-refractivity contribution >= 4 is 34.5 Å². The lowest BCUT2D eigenvalue weighted by molar-refractivity contribution is -0.136. The Morgan fingerprint density at radius 3 is 2.44 bits per heavy atom. The highest BCUT2D eigenvalue weighted by molar-refractivity contribution is 9.10. The second-order valence-electron chi connectivity index (χ2n) is 1.89. The normalized spacial score (nSPS) is 16.8. The van der Waals surface area contributed by atoms with E-state index in [0.717, 1.165) is 0 Å². The molecule has 0 aliphatic carbocycles. The number of halogens is 1. The fourth-order valence-electron chi connectivity index (χ4n) is 0.400. The lowest BCUT2D eigenvalue weighted by atomic mass is 10.2. The zero-order valence-electron chi connectivity index (χ0n) is 5.04. The molecule has 0 aromatic heterocycles. The van der Waals surface area contributed by atoms with Gasteiger partial charge >= 0.3 is 5.97 Å². The van der Waals surface area contributed by atoms with Gasteiger partial charge in [0.15, 0.2) is 0 Å². The highest BCUT2D eigenvalue weighted by atomic mass is 79.9. The predicted molar refractivity (Wildman–Crippen MR) is 43.4 cm³/mol. The van der Waals surface area contributed by atoms with Gasteiger partial charge < -0.3 is 5.11 Å². The van der Waals surface area contributed by atoms with Gasteiger partial charge in [0, 0.05) is 5.25 Å². The van der Waals surface area contributed by atoms with Crippen molar-refractivity contribution in [3.8, 4) is 0 Å². The van der Waals surface area contributed by atoms with Crippen molar-refractivity contribution in [2.24, 2.45) is 0 Å². The van der Waals surface area contributed by atoms with Gasteiger partial charge in [-0.05, 0) is 6.42 Å². The van der Waals surface area contributed by atoms with Gasteiger partial charge in [-0.3, -0.25) is 4.79 Å². The van der Waals surface area contributed by atoms with Crippen LogP contribution in [0.1, 0.15) is 13.3 Å². The van der Waals surface area contributed by atoms with Crippen molar-refractivity contribution in [3.05, 3.63) is 0 Å². The lowest BCUT2D eigenvalue weighted by Crippen LogP contribution is -2.15. The van der Waals surface area contributed by atoms with Gasteiger partial charge in [0.05, 0.1) is 0 Å². The van der Waals surface area contributed by atoms with E-state index in [1.165, 1.54) is 0 Å². The Morgan fingerprint density at radius 1 is 1.89 bits per heavy atom. The number of hydrogen-bond donors (Lipinski definition) is 2. The fraction of sp³-hybridized carbons (Fsp3) is 0.800. The maximum atomic E-state index is 10.2. The first-order valence-corrected chi connectivity index (χ1v) is 4.02. The van der Waals surface area contributed by atoms with E-state index in [0.29, 0.717) is 6.42 Å². The van der Waals surface area contributed by atoms with Crippen LogP contribution in [-0.4, -0.2) is 21.2 Å². The van der Waals surface area contributed by atoms with Crippen LogP contribution in [0.3, 0.4) is 0 Å². The SMILES string of the molecule is CC(S)CC(Br)C(=O)O. The number of hydrogen-bond acceptors (Lipinski definition) is 2. The molecular formula is C5H9BrO2S. The molecule has 2 nitrogen and oxygen atoms in total. The summed E-state index contributed by atoms with van der Waals surface area (Å²) in [6, 6.07) is 0. The van der Waals surface area contributed by atoms with Crippen LogP contribution in [-0.2, 0) is 4.79 Å². The van der Waals surface area contributed by atoms with E-state index in [4.69, 9.17) is 5.11 Å². The first-order chi connectivity index (χ1) is 4.04. The molecule has 4 heteroatoms. The minimum Gasteiger partial charge on any atom is -0.480 e. The molecule has 2 atom stereocenters. The Labute approximate surface area is 68.2 Å². The van der Waals surface area contributed by atoms with Crippen LogP contribution in [0.5, 0.6) is 0 Å². The van der Waals surface area contributed by atoms with Crippen molar-refractivity contribution in [2.75, 3.05) is 0 Å². The van der Waals surface area contributed by atoms with Crippen molar-refractivity contribution < 1.29 is 9.90 Å². The molecule has 0 aromatic carbocycles. The van der Waals surface area contributed by atoms with Crippen molar-refractivity contribution in [1.82, 2.24) is 0 Å². The number of aliphatic carboxylic acids is 1. The third kappa shape index (κ3) is 4.78. The third-order valence-electron chi connectivity index (χ3n) is 0.816. The molecule has 0 rings (SSSR count). The Kier molecular flexibility index (Phi) is 4.31. The second-order valence-corrected chi connectivity index (χ2v) is 3.88. The van der Waals surface area contributed by atoms with Crippen molar-refractivity contribution in [1.29, 1.82) is 0 Å². The van der Waals surface area contributed by atoms with Gasteiger partial charge in [0.25, 0.3) is 0 Å². The zero-order chi connectivity index (χ0) is 7.44. The highest BCUT2D eigenvalue weighted by Crippen LogP contribution is 2.11. The summed E-state index contributed by atoms with van der Waals surface area (Å²) < 4.78 is 0. The summed E-state index contributed by atoms with van der Waals surface area (Å²) in [6.45, 7) is 1.86. The minimum absolute atomic E-state index is 0.130. The topological polar surface area (TPSA) is 37.3 Å². The second kappa shape index (κ2) is 4.17. The van der Waals surface area contributed by atoms with Crippen LogP contribution in [0, 0.1) is 0 Å². The zero-order valence-corrected chi connectivity index (χ0v) is 7.52. The van der Waals surface area contributed by atoms with Gasteiger partial charge in [-0.2, -0.15) is 12.6 Å². The summed E-state index contributed by atoms with van der Waals surface area (Å²) in [5.74, 6) is -0.823. The van der Waals surface area contributed by atoms with Crippen molar-refractivity contribution in [2.45, 2.75) is 23.4 Å². The molecular weight excluding hydrogens is 204 g/mol. The lowest BCUT2D eigenvalue weighted by Gasteiger charge is -2.05. The monoisotopic (exact) mass is 212 g/mol. The fourth-order valence-corrected chi connectivity index (χ4v) is 1.46. The standard InChI is InChI=1S/C5H9BrO2S/c1-3(9)2-4(6)5(7)8/h3-4,9H,2H2,1H3,(H,7,8). The molecule has 0 heterocycles. The summed E-state index contributed by atoms with van der Waals surface area (Å²) in [5, 5.41) is 8.48. The van der Waals surface area contributed by atoms with Gasteiger partial charge in [-0.25, -0.2) is 0 Å². The van der Waals surface area contributed by atoms with E-state index in [9.17, 15) is 4.79 Å². The molecule has 9 heavy (non-hydrogen) atoms. The van der Waals surface area contributed by atoms with E-state index in [-0.39, 0.29) is 5.25 Å². The Hall–Kier alpha value is 0.300. The van der Waals surface area contributed by atoms with Crippen LogP contribution in [0.4, 0.5) is 0 Å². The molecule has 0 spiro atoms. The number of carboxylic acid groups (broad SMARTS) is 1. The summed E-state index contributed by atoms with van der Waals surface area (Å²) in [7, 11) is 0. The molecule has 2 unspecified atom stereocenters. The number of alkyl halides is 1. The largest absolute Gasteiger partial charge is 0.480 e. The van der Waals surface area contributed by atoms with Gasteiger partial charge in [-0.1, -0.05) is 22.9 Å². The van der Waals surface area contributed by atoms with E-state index >= 15 is 0 Å². The average Bonchev–Trinajstić information content (AvgIpc) is 1.63. The van der Waals surface area contributed by atoms with E-state index in [1.807, 2.05) is 6.92 Å². The molecule has 54 valence electrons. The molecule has 0 amide bonds. The Balaban J connectivity index is 3.50. The smallest absolute Gasteiger partial charge is 0.317 e. The van der Waals surface area contributed by atoms with Gasteiger partial charge in [-0.15, -0.1) is 0 Å². The Bertz CT molecular complexity index is 105. The molecule has 0 radical (unpaired) electrons. The quantitative estimate of drug-likeness (QED) is 0.551. The number of rotatable bonds is 3. The first kappa shape index (κ1) is 9.30. The predicted octanol–water partition coefficient (Wildman–Crippen LogP) is 1.54. The third-order valence-corrected chi connectivity index (χ3v) is 1.79. The summed E-state index contributed by atoms with van der Waals surface area (Å²) in [4.78, 5) is 9.70. The van der Waals surface area contributed by atoms with Gasteiger partial charge in [0.1, 0.15) is 4.83 Å². The molecule has 0 fully saturated rings. The molecule has 0 saturated carbocycles. The molecule has 0 saturated heterocycles. The molecule has 0 bridgehead atoms. The van der Waals surface area contributed by atoms with E-state index < -0.39 is 10.8 Å². The summed E-state index contributed by atoms with van der Waals surface area (Å²) in [6.07, 6.45) is 0.554. The highest BCUT2D eigenvalue weighted by Gasteiger charge is 2.13. The molecule has 0 aromatic rings.